The zero-order valence-electron chi connectivity index (χ0n) is 41.4. The van der Waals surface area contributed by atoms with Crippen LogP contribution in [0.4, 0.5) is 0 Å². The summed E-state index contributed by atoms with van der Waals surface area (Å²) in [6.07, 6.45) is 30.7. The summed E-state index contributed by atoms with van der Waals surface area (Å²) in [7, 11) is 0. The van der Waals surface area contributed by atoms with Crippen molar-refractivity contribution in [3.05, 3.63) is 273 Å². The van der Waals surface area contributed by atoms with Gasteiger partial charge in [-0.25, -0.2) is 19.9 Å². The third-order valence-electron chi connectivity index (χ3n) is 7.42. The van der Waals surface area contributed by atoms with Crippen molar-refractivity contribution in [3.8, 4) is 0 Å². The van der Waals surface area contributed by atoms with Gasteiger partial charge in [-0.15, -0.1) is 0 Å². The number of aromatic nitrogens is 8. The van der Waals surface area contributed by atoms with Gasteiger partial charge in [0.05, 0.1) is 22.8 Å². The van der Waals surface area contributed by atoms with Crippen LogP contribution in [0, 0.1) is 0 Å². The minimum atomic E-state index is 0. The smallest absolute Gasteiger partial charge is 0.753 e. The van der Waals surface area contributed by atoms with Crippen molar-refractivity contribution in [1.29, 1.82) is 0 Å². The standard InChI is InChI=1S/4C12H10N2.6CNS.Fe.4H2O/c4*1-3-9-13-11(5-1)7-8-12-6-2-4-10-14-12;6*2-1-3;;;;;/h4*1-10H;;;;;;;;4*1H2/q;;;;6*-1;+2;;;;/p+4/b4*8-7+;;;;;;;;;;;. The number of thiocarbonyl (C=S) groups is 6. The Hall–Kier alpha value is -8.68. The monoisotopic (exact) mass is 1210 g/mol. The molecule has 0 aliphatic heterocycles. The van der Waals surface area contributed by atoms with E-state index >= 15 is 0 Å². The van der Waals surface area contributed by atoms with Gasteiger partial charge in [-0.05, 0) is 97.1 Å². The summed E-state index contributed by atoms with van der Waals surface area (Å²) >= 11 is 22.2. The molecule has 0 aliphatic carbocycles. The summed E-state index contributed by atoms with van der Waals surface area (Å²) in [5.41, 5.74) is 8.12. The quantitative estimate of drug-likeness (QED) is 0.0789. The number of hydrogen-bond acceptors (Lipinski definition) is 10. The van der Waals surface area contributed by atoms with E-state index in [2.05, 4.69) is 113 Å². The van der Waals surface area contributed by atoms with Crippen molar-refractivity contribution >= 4 is 153 Å². The maximum absolute atomic E-state index is 7.13. The Morgan fingerprint density at radius 1 is 0.278 bits per heavy atom. The van der Waals surface area contributed by atoms with Gasteiger partial charge in [-0.1, -0.05) is 97.6 Å². The Bertz CT molecular complexity index is 2370. The molecule has 25 heteroatoms. The fourth-order valence-electron chi connectivity index (χ4n) is 4.64. The molecule has 0 aliphatic rings. The van der Waals surface area contributed by atoms with E-state index in [1.165, 1.54) is 31.0 Å². The summed E-state index contributed by atoms with van der Waals surface area (Å²) in [4.78, 5) is 29.3. The van der Waals surface area contributed by atoms with E-state index in [4.69, 9.17) is 32.5 Å². The molecular formula is C54H52FeN14O4S6. The molecule has 8 aromatic heterocycles. The molecule has 0 atom stereocenters. The van der Waals surface area contributed by atoms with Crippen LogP contribution in [0.25, 0.3) is 81.1 Å². The van der Waals surface area contributed by atoms with Crippen LogP contribution in [0.2, 0.25) is 0 Å². The molecule has 18 nitrogen and oxygen atoms in total. The molecule has 0 unspecified atom stereocenters. The van der Waals surface area contributed by atoms with Crippen LogP contribution >= 0.6 is 73.3 Å². The predicted molar refractivity (Wildman–Crippen MR) is 335 cm³/mol. The van der Waals surface area contributed by atoms with Crippen LogP contribution in [0.3, 0.4) is 0 Å². The van der Waals surface area contributed by atoms with Gasteiger partial charge in [0.2, 0.25) is 22.8 Å². The fourth-order valence-corrected chi connectivity index (χ4v) is 4.64. The second kappa shape index (κ2) is 67.3. The number of nitrogens with one attached hydrogen (secondary N) is 4. The first kappa shape index (κ1) is 84.3. The second-order valence-electron chi connectivity index (χ2n) is 12.2. The van der Waals surface area contributed by atoms with Gasteiger partial charge >= 0.3 is 17.1 Å². The van der Waals surface area contributed by atoms with Crippen molar-refractivity contribution in [2.75, 3.05) is 0 Å². The van der Waals surface area contributed by atoms with Crippen LogP contribution < -0.4 is 19.9 Å². The van der Waals surface area contributed by atoms with E-state index in [0.717, 1.165) is 45.6 Å². The van der Waals surface area contributed by atoms with Crippen molar-refractivity contribution in [3.63, 3.8) is 0 Å². The maximum atomic E-state index is 7.13. The first-order valence-electron chi connectivity index (χ1n) is 20.6. The van der Waals surface area contributed by atoms with Gasteiger partial charge in [-0.2, -0.15) is 31.0 Å². The molecule has 0 amide bonds. The first-order valence-corrected chi connectivity index (χ1v) is 23.0. The van der Waals surface area contributed by atoms with Crippen molar-refractivity contribution < 1.29 is 58.9 Å². The van der Waals surface area contributed by atoms with Gasteiger partial charge < -0.3 is 54.4 Å². The summed E-state index contributed by atoms with van der Waals surface area (Å²) < 4.78 is 0. The van der Waals surface area contributed by atoms with E-state index in [0.29, 0.717) is 0 Å². The van der Waals surface area contributed by atoms with Gasteiger partial charge in [-0.3, -0.25) is 19.9 Å². The molecule has 0 radical (unpaired) electrons. The van der Waals surface area contributed by atoms with Crippen LogP contribution in [-0.2, 0) is 17.1 Å². The Labute approximate surface area is 501 Å². The molecule has 79 heavy (non-hydrogen) atoms. The zero-order chi connectivity index (χ0) is 54.8. The van der Waals surface area contributed by atoms with Crippen LogP contribution in [0.1, 0.15) is 45.6 Å². The molecule has 8 rings (SSSR count). The fraction of sp³-hybridized carbons (Fsp3) is 0. The number of H-pyrrole nitrogens is 4. The number of pyridine rings is 8. The zero-order valence-corrected chi connectivity index (χ0v) is 47.4. The molecule has 0 bridgehead atoms. The normalized spacial score (nSPS) is 8.10. The number of isothiocyanates is 6. The average molecular weight is 1210 g/mol. The molecule has 8 aromatic rings. The van der Waals surface area contributed by atoms with Crippen LogP contribution in [-0.4, -0.2) is 72.8 Å². The van der Waals surface area contributed by atoms with E-state index in [1.54, 1.807) is 24.8 Å². The number of hydrogen-bond donors (Lipinski definition) is 0. The van der Waals surface area contributed by atoms with E-state index in [-0.39, 0.29) is 39.0 Å². The SMILES string of the molecule is C(=C\c1cccc[nH+]1)/c1ccccn1.C(=C\c1cccc[nH+]1)/c1ccccn1.C(=C\c1cccc[nH+]1)/c1ccccn1.C(=C\c1cccc[nH+]1)/c1ccccn1.O.O.O.O.[Fe+2].[N-]=C=S.[N-]=C=S.[N-]=C=S.[N-]=C=S.[N-]=C=S.[N-]=C=S. The second-order valence-corrected chi connectivity index (χ2v) is 13.3. The maximum Gasteiger partial charge on any atom is 2.00 e. The van der Waals surface area contributed by atoms with E-state index in [1.807, 2.05) is 219 Å². The van der Waals surface area contributed by atoms with Gasteiger partial charge in [0.15, 0.2) is 24.8 Å². The molecule has 0 saturated carbocycles. The van der Waals surface area contributed by atoms with Crippen LogP contribution in [0.15, 0.2) is 195 Å². The van der Waals surface area contributed by atoms with Crippen molar-refractivity contribution in [1.82, 2.24) is 19.9 Å². The summed E-state index contributed by atoms with van der Waals surface area (Å²) in [5.74, 6) is 0. The number of aromatic amines is 4. The summed E-state index contributed by atoms with van der Waals surface area (Å²) in [6, 6.07) is 47.3. The van der Waals surface area contributed by atoms with E-state index in [9.17, 15) is 0 Å². The Balaban J connectivity index is -0.000000156. The first-order chi connectivity index (χ1) is 36.3. The van der Waals surface area contributed by atoms with Crippen molar-refractivity contribution in [2.45, 2.75) is 0 Å². The molecule has 8 heterocycles. The average Bonchev–Trinajstić information content (AvgIpc) is 3.45. The topological polar surface area (TPSA) is 368 Å². The van der Waals surface area contributed by atoms with Gasteiger partial charge in [0.1, 0.15) is 0 Å². The summed E-state index contributed by atoms with van der Waals surface area (Å²) in [5, 5.41) is 50.8. The molecule has 12 N–H and O–H groups in total. The predicted octanol–water partition coefficient (Wildman–Crippen LogP) is 8.91. The van der Waals surface area contributed by atoms with Gasteiger partial charge in [0.25, 0.3) is 0 Å². The molecule has 0 aromatic carbocycles. The molecular weight excluding hydrogens is 1160 g/mol. The number of rotatable bonds is 8. The molecule has 0 saturated heterocycles. The van der Waals surface area contributed by atoms with Crippen LogP contribution in [0.5, 0.6) is 0 Å². The number of nitrogens with zero attached hydrogens (tertiary/aromatic N) is 10. The minimum Gasteiger partial charge on any atom is -0.753 e. The third-order valence-corrected chi connectivity index (χ3v) is 7.42. The molecule has 406 valence electrons. The Morgan fingerprint density at radius 3 is 0.570 bits per heavy atom. The summed E-state index contributed by atoms with van der Waals surface area (Å²) in [6.45, 7) is 0. The molecule has 0 fully saturated rings. The van der Waals surface area contributed by atoms with Crippen molar-refractivity contribution in [2.24, 2.45) is 0 Å². The largest absolute Gasteiger partial charge is 2.00 e. The van der Waals surface area contributed by atoms with Gasteiger partial charge in [0, 0.05) is 97.6 Å². The molecule has 0 spiro atoms. The van der Waals surface area contributed by atoms with E-state index < -0.39 is 0 Å². The Kier molecular flexibility index (Phi) is 71.8. The Morgan fingerprint density at radius 2 is 0.443 bits per heavy atom. The third kappa shape index (κ3) is 55.4. The minimum absolute atomic E-state index is 0.